The number of primary amides is 1. The third kappa shape index (κ3) is 4.69. The van der Waals surface area contributed by atoms with Crippen molar-refractivity contribution in [1.29, 1.82) is 0 Å². The largest absolute Gasteiger partial charge is 0.465 e. The third-order valence-electron chi connectivity index (χ3n) is 4.54. The monoisotopic (exact) mass is 447 g/mol. The lowest BCUT2D eigenvalue weighted by Gasteiger charge is -2.08. The molecule has 1 aliphatic carbocycles. The molecule has 1 heterocycles. The number of nitro benzene ring substituents is 1. The van der Waals surface area contributed by atoms with Crippen molar-refractivity contribution in [3.05, 3.63) is 55.4 Å². The molecule has 0 fully saturated rings. The summed E-state index contributed by atoms with van der Waals surface area (Å²) in [5, 5.41) is 13.9. The molecule has 0 bridgehead atoms. The van der Waals surface area contributed by atoms with E-state index in [0.29, 0.717) is 11.4 Å². The molecule has 3 N–H and O–H groups in total. The fourth-order valence-electron chi connectivity index (χ4n) is 3.20. The Morgan fingerprint density at radius 3 is 2.45 bits per heavy atom. The van der Waals surface area contributed by atoms with E-state index in [0.717, 1.165) is 48.6 Å². The molecule has 2 amide bonds. The van der Waals surface area contributed by atoms with Gasteiger partial charge in [0.25, 0.3) is 17.5 Å². The van der Waals surface area contributed by atoms with Gasteiger partial charge in [-0.1, -0.05) is 0 Å². The molecule has 162 valence electrons. The number of thiophene rings is 1. The standard InChI is InChI=1S/C19H17N3O8S/c1-29-18(25)9-5-10(7-11(6-9)22(27)28)19(26)30-8-14(23)21-17-15(16(20)24)12-3-2-4-13(12)31-17/h5-7H,2-4,8H2,1H3,(H2,20,24)(H,21,23). The van der Waals surface area contributed by atoms with Crippen molar-refractivity contribution in [3.8, 4) is 0 Å². The van der Waals surface area contributed by atoms with Gasteiger partial charge in [-0.2, -0.15) is 0 Å². The lowest BCUT2D eigenvalue weighted by Crippen LogP contribution is -2.23. The number of amides is 2. The molecular weight excluding hydrogens is 430 g/mol. The molecule has 31 heavy (non-hydrogen) atoms. The van der Waals surface area contributed by atoms with Gasteiger partial charge in [0.2, 0.25) is 0 Å². The summed E-state index contributed by atoms with van der Waals surface area (Å²) < 4.78 is 9.42. The molecule has 0 saturated carbocycles. The van der Waals surface area contributed by atoms with E-state index in [1.54, 1.807) is 0 Å². The third-order valence-corrected chi connectivity index (χ3v) is 5.75. The van der Waals surface area contributed by atoms with Crippen molar-refractivity contribution in [2.24, 2.45) is 5.73 Å². The summed E-state index contributed by atoms with van der Waals surface area (Å²) in [5.74, 6) is -3.29. The van der Waals surface area contributed by atoms with Crippen LogP contribution in [0.1, 0.15) is 47.9 Å². The number of hydrogen-bond acceptors (Lipinski definition) is 9. The minimum Gasteiger partial charge on any atom is -0.465 e. The Morgan fingerprint density at radius 1 is 1.16 bits per heavy atom. The Kier molecular flexibility index (Phi) is 6.30. The van der Waals surface area contributed by atoms with Gasteiger partial charge >= 0.3 is 11.9 Å². The summed E-state index contributed by atoms with van der Waals surface area (Å²) in [6.45, 7) is -0.712. The number of ether oxygens (including phenoxy) is 2. The van der Waals surface area contributed by atoms with Gasteiger partial charge in [-0.15, -0.1) is 11.3 Å². The van der Waals surface area contributed by atoms with E-state index in [9.17, 15) is 29.3 Å². The van der Waals surface area contributed by atoms with Crippen LogP contribution in [-0.2, 0) is 27.1 Å². The molecule has 0 unspecified atom stereocenters. The lowest BCUT2D eigenvalue weighted by molar-refractivity contribution is -0.384. The zero-order valence-corrected chi connectivity index (χ0v) is 17.1. The molecule has 2 aromatic rings. The van der Waals surface area contributed by atoms with E-state index in [1.807, 2.05) is 0 Å². The smallest absolute Gasteiger partial charge is 0.338 e. The summed E-state index contributed by atoms with van der Waals surface area (Å²) in [4.78, 5) is 59.2. The van der Waals surface area contributed by atoms with E-state index in [-0.39, 0.29) is 16.7 Å². The minimum absolute atomic E-state index is 0.215. The van der Waals surface area contributed by atoms with Gasteiger partial charge in [0.05, 0.1) is 28.7 Å². The zero-order chi connectivity index (χ0) is 22.7. The van der Waals surface area contributed by atoms with Crippen LogP contribution >= 0.6 is 11.3 Å². The van der Waals surface area contributed by atoms with E-state index in [4.69, 9.17) is 10.5 Å². The maximum absolute atomic E-state index is 12.3. The molecule has 1 aromatic heterocycles. The molecule has 11 nitrogen and oxygen atoms in total. The maximum Gasteiger partial charge on any atom is 0.338 e. The van der Waals surface area contributed by atoms with E-state index < -0.39 is 41.0 Å². The Balaban J connectivity index is 1.71. The molecule has 0 spiro atoms. The number of carbonyl (C=O) groups excluding carboxylic acids is 4. The molecule has 12 heteroatoms. The highest BCUT2D eigenvalue weighted by Gasteiger charge is 2.26. The Bertz CT molecular complexity index is 1110. The fraction of sp³-hybridized carbons (Fsp3) is 0.263. The van der Waals surface area contributed by atoms with Gasteiger partial charge in [0.1, 0.15) is 5.00 Å². The Labute approximate surface area is 179 Å². The maximum atomic E-state index is 12.3. The SMILES string of the molecule is COC(=O)c1cc(C(=O)OCC(=O)Nc2sc3c(c2C(N)=O)CCC3)cc([N+](=O)[O-])c1. The van der Waals surface area contributed by atoms with E-state index in [2.05, 4.69) is 10.1 Å². The highest BCUT2D eigenvalue weighted by Crippen LogP contribution is 2.38. The van der Waals surface area contributed by atoms with Crippen molar-refractivity contribution >= 4 is 45.8 Å². The van der Waals surface area contributed by atoms with Crippen LogP contribution in [0.5, 0.6) is 0 Å². The zero-order valence-electron chi connectivity index (χ0n) is 16.3. The van der Waals surface area contributed by atoms with Crippen molar-refractivity contribution in [2.75, 3.05) is 19.0 Å². The number of fused-ring (bicyclic) bond motifs is 1. The van der Waals surface area contributed by atoms with Crippen molar-refractivity contribution < 1.29 is 33.6 Å². The average molecular weight is 447 g/mol. The molecule has 0 saturated heterocycles. The number of nitrogens with one attached hydrogen (secondary N) is 1. The molecule has 0 radical (unpaired) electrons. The van der Waals surface area contributed by atoms with Gasteiger partial charge in [0, 0.05) is 17.0 Å². The average Bonchev–Trinajstić information content (AvgIpc) is 3.31. The van der Waals surface area contributed by atoms with Crippen LogP contribution in [0.15, 0.2) is 18.2 Å². The number of aryl methyl sites for hydroxylation is 1. The number of non-ortho nitro benzene ring substituents is 1. The number of nitrogens with zero attached hydrogens (tertiary/aromatic N) is 1. The molecule has 0 aliphatic heterocycles. The molecule has 1 aromatic carbocycles. The van der Waals surface area contributed by atoms with Crippen LogP contribution < -0.4 is 11.1 Å². The lowest BCUT2D eigenvalue weighted by atomic mass is 10.1. The number of esters is 2. The van der Waals surface area contributed by atoms with Gasteiger partial charge in [0.15, 0.2) is 6.61 Å². The number of nitrogens with two attached hydrogens (primary N) is 1. The Hall–Kier alpha value is -3.80. The molecule has 3 rings (SSSR count). The highest BCUT2D eigenvalue weighted by molar-refractivity contribution is 7.17. The second-order valence-electron chi connectivity index (χ2n) is 6.57. The first-order chi connectivity index (χ1) is 14.7. The minimum atomic E-state index is -1.05. The first-order valence-electron chi connectivity index (χ1n) is 9.00. The summed E-state index contributed by atoms with van der Waals surface area (Å²) >= 11 is 1.25. The predicted octanol–water partition coefficient (Wildman–Crippen LogP) is 1.83. The highest BCUT2D eigenvalue weighted by atomic mass is 32.1. The second-order valence-corrected chi connectivity index (χ2v) is 7.67. The number of rotatable bonds is 7. The van der Waals surface area contributed by atoms with E-state index >= 15 is 0 Å². The van der Waals surface area contributed by atoms with Crippen molar-refractivity contribution in [3.63, 3.8) is 0 Å². The number of hydrogen-bond donors (Lipinski definition) is 2. The van der Waals surface area contributed by atoms with Crippen molar-refractivity contribution in [2.45, 2.75) is 19.3 Å². The summed E-state index contributed by atoms with van der Waals surface area (Å²) in [6, 6.07) is 2.94. The van der Waals surface area contributed by atoms with Gasteiger partial charge in [-0.3, -0.25) is 19.7 Å². The number of anilines is 1. The van der Waals surface area contributed by atoms with Crippen LogP contribution in [-0.4, -0.2) is 42.4 Å². The number of carbonyl (C=O) groups is 4. The van der Waals surface area contributed by atoms with Gasteiger partial charge in [-0.05, 0) is 30.9 Å². The quantitative estimate of drug-likeness (QED) is 0.368. The fourth-order valence-corrected chi connectivity index (χ4v) is 4.51. The van der Waals surface area contributed by atoms with Crippen LogP contribution in [0, 0.1) is 10.1 Å². The van der Waals surface area contributed by atoms with Crippen LogP contribution in [0.4, 0.5) is 10.7 Å². The van der Waals surface area contributed by atoms with Gasteiger partial charge < -0.3 is 20.5 Å². The van der Waals surface area contributed by atoms with Crippen LogP contribution in [0.3, 0.4) is 0 Å². The summed E-state index contributed by atoms with van der Waals surface area (Å²) in [5.41, 5.74) is 5.50. The predicted molar refractivity (Wildman–Crippen MR) is 108 cm³/mol. The molecular formula is C19H17N3O8S. The molecule has 1 aliphatic rings. The summed E-state index contributed by atoms with van der Waals surface area (Å²) in [6.07, 6.45) is 2.40. The van der Waals surface area contributed by atoms with Crippen molar-refractivity contribution in [1.82, 2.24) is 0 Å². The number of benzene rings is 1. The first-order valence-corrected chi connectivity index (χ1v) is 9.82. The Morgan fingerprint density at radius 2 is 1.84 bits per heavy atom. The van der Waals surface area contributed by atoms with Gasteiger partial charge in [-0.25, -0.2) is 9.59 Å². The topological polar surface area (TPSA) is 168 Å². The molecule has 0 atom stereocenters. The normalized spacial score (nSPS) is 12.0. The summed E-state index contributed by atoms with van der Waals surface area (Å²) in [7, 11) is 1.09. The van der Waals surface area contributed by atoms with Crippen LogP contribution in [0.25, 0.3) is 0 Å². The second kappa shape index (κ2) is 8.92. The first kappa shape index (κ1) is 21.9. The van der Waals surface area contributed by atoms with E-state index in [1.165, 1.54) is 11.3 Å². The van der Waals surface area contributed by atoms with Crippen LogP contribution in [0.2, 0.25) is 0 Å². The number of methoxy groups -OCH3 is 1. The number of nitro groups is 1.